The molecule has 0 atom stereocenters. The van der Waals surface area contributed by atoms with Crippen molar-refractivity contribution in [3.63, 3.8) is 0 Å². The van der Waals surface area contributed by atoms with Crippen LogP contribution in [0.2, 0.25) is 0 Å². The predicted molar refractivity (Wildman–Crippen MR) is 107 cm³/mol. The zero-order valence-electron chi connectivity index (χ0n) is 14.1. The molecule has 0 aromatic heterocycles. The van der Waals surface area contributed by atoms with Crippen LogP contribution in [0.5, 0.6) is 5.75 Å². The third kappa shape index (κ3) is 5.27. The number of amides is 1. The lowest BCUT2D eigenvalue weighted by Crippen LogP contribution is -2.37. The summed E-state index contributed by atoms with van der Waals surface area (Å²) < 4.78 is 6.32. The van der Waals surface area contributed by atoms with E-state index in [1.807, 2.05) is 26.0 Å². The lowest BCUT2D eigenvalue weighted by atomic mass is 10.1. The van der Waals surface area contributed by atoms with Crippen LogP contribution in [-0.2, 0) is 4.79 Å². The average molecular weight is 437 g/mol. The zero-order valence-corrected chi connectivity index (χ0v) is 16.5. The number of aryl methyl sites for hydroxylation is 2. The lowest BCUT2D eigenvalue weighted by Gasteiger charge is -2.14. The molecule has 0 radical (unpaired) electrons. The Balaban J connectivity index is 1.94. The van der Waals surface area contributed by atoms with Crippen molar-refractivity contribution in [1.82, 2.24) is 5.32 Å². The molecule has 2 aromatic rings. The van der Waals surface area contributed by atoms with E-state index in [-0.39, 0.29) is 17.3 Å². The van der Waals surface area contributed by atoms with Gasteiger partial charge in [-0.2, -0.15) is 0 Å². The summed E-state index contributed by atoms with van der Waals surface area (Å²) in [5.74, 6) is -0.965. The summed E-state index contributed by atoms with van der Waals surface area (Å²) in [6.45, 7) is 3.62. The Kier molecular flexibility index (Phi) is 6.70. The molecule has 0 aliphatic carbocycles. The summed E-state index contributed by atoms with van der Waals surface area (Å²) in [4.78, 5) is 23.2. The van der Waals surface area contributed by atoms with Crippen LogP contribution in [0.4, 0.5) is 5.69 Å². The van der Waals surface area contributed by atoms with Gasteiger partial charge in [0.05, 0.1) is 15.7 Å². The smallest absolute Gasteiger partial charge is 0.337 e. The Hall–Kier alpha value is -2.45. The summed E-state index contributed by atoms with van der Waals surface area (Å²) in [5, 5.41) is 14.3. The molecule has 26 heavy (non-hydrogen) atoms. The third-order valence-corrected chi connectivity index (χ3v) is 4.17. The van der Waals surface area contributed by atoms with Gasteiger partial charge in [0, 0.05) is 0 Å². The minimum Gasteiger partial charge on any atom is -0.482 e. The molecule has 0 fully saturated rings. The Morgan fingerprint density at radius 2 is 1.92 bits per heavy atom. The van der Waals surface area contributed by atoms with Crippen molar-refractivity contribution in [3.05, 3.63) is 57.6 Å². The monoisotopic (exact) mass is 436 g/mol. The van der Waals surface area contributed by atoms with Crippen molar-refractivity contribution in [2.24, 2.45) is 0 Å². The van der Waals surface area contributed by atoms with Crippen molar-refractivity contribution < 1.29 is 19.4 Å². The van der Waals surface area contributed by atoms with Crippen molar-refractivity contribution >= 4 is 50.8 Å². The number of carboxylic acid groups (broad SMARTS) is 1. The molecule has 6 nitrogen and oxygen atoms in total. The van der Waals surface area contributed by atoms with Crippen LogP contribution in [0.3, 0.4) is 0 Å². The van der Waals surface area contributed by atoms with E-state index in [0.717, 1.165) is 15.6 Å². The maximum atomic E-state index is 12.0. The molecular weight excluding hydrogens is 420 g/mol. The van der Waals surface area contributed by atoms with Crippen molar-refractivity contribution in [3.8, 4) is 5.75 Å². The number of halogens is 1. The molecule has 136 valence electrons. The van der Waals surface area contributed by atoms with E-state index in [0.29, 0.717) is 11.4 Å². The molecule has 0 saturated carbocycles. The summed E-state index contributed by atoms with van der Waals surface area (Å²) >= 11 is 8.47. The first-order valence-corrected chi connectivity index (χ1v) is 8.80. The largest absolute Gasteiger partial charge is 0.482 e. The van der Waals surface area contributed by atoms with Crippen LogP contribution in [0.25, 0.3) is 0 Å². The quantitative estimate of drug-likeness (QED) is 0.619. The number of para-hydroxylation sites is 1. The second kappa shape index (κ2) is 8.77. The van der Waals surface area contributed by atoms with Crippen LogP contribution in [0.15, 0.2) is 40.9 Å². The third-order valence-electron chi connectivity index (χ3n) is 3.38. The van der Waals surface area contributed by atoms with Crippen LogP contribution >= 0.6 is 28.1 Å². The Labute approximate surface area is 164 Å². The van der Waals surface area contributed by atoms with E-state index < -0.39 is 11.9 Å². The standard InChI is InChI=1S/C18H17BrN2O4S/c1-10-7-11(2)16(13(19)8-10)25-9-15(22)21-18(26)20-14-6-4-3-5-12(14)17(23)24/h3-8H,9H2,1-2H3,(H,23,24)(H2,20,21,22,26). The molecule has 2 aromatic carbocycles. The zero-order chi connectivity index (χ0) is 19.3. The Morgan fingerprint density at radius 1 is 1.23 bits per heavy atom. The van der Waals surface area contributed by atoms with E-state index in [2.05, 4.69) is 26.6 Å². The molecule has 0 aliphatic rings. The maximum absolute atomic E-state index is 12.0. The van der Waals surface area contributed by atoms with E-state index in [1.54, 1.807) is 18.2 Å². The number of anilines is 1. The minimum absolute atomic E-state index is 0.00741. The first kappa shape index (κ1) is 19.9. The molecule has 0 spiro atoms. The van der Waals surface area contributed by atoms with Gasteiger partial charge in [0.1, 0.15) is 5.75 Å². The van der Waals surface area contributed by atoms with Gasteiger partial charge in [0.15, 0.2) is 11.7 Å². The first-order valence-electron chi connectivity index (χ1n) is 7.60. The number of rotatable bonds is 5. The Morgan fingerprint density at radius 3 is 2.58 bits per heavy atom. The average Bonchev–Trinajstić information content (AvgIpc) is 2.53. The first-order chi connectivity index (χ1) is 12.3. The normalized spacial score (nSPS) is 10.1. The van der Waals surface area contributed by atoms with E-state index >= 15 is 0 Å². The molecule has 1 amide bonds. The van der Waals surface area contributed by atoms with Gasteiger partial charge in [-0.3, -0.25) is 10.1 Å². The minimum atomic E-state index is -1.09. The van der Waals surface area contributed by atoms with Gasteiger partial charge in [0.2, 0.25) is 0 Å². The molecule has 0 heterocycles. The number of ether oxygens (including phenoxy) is 1. The number of hydrogen-bond donors (Lipinski definition) is 3. The van der Waals surface area contributed by atoms with Crippen molar-refractivity contribution in [1.29, 1.82) is 0 Å². The molecule has 0 bridgehead atoms. The molecule has 2 rings (SSSR count). The van der Waals surface area contributed by atoms with Crippen LogP contribution in [-0.4, -0.2) is 28.7 Å². The summed E-state index contributed by atoms with van der Waals surface area (Å²) in [6.07, 6.45) is 0. The molecule has 3 N–H and O–H groups in total. The highest BCUT2D eigenvalue weighted by Crippen LogP contribution is 2.30. The van der Waals surface area contributed by atoms with Gasteiger partial charge in [-0.15, -0.1) is 0 Å². The Bertz CT molecular complexity index is 847. The van der Waals surface area contributed by atoms with Gasteiger partial charge >= 0.3 is 5.97 Å². The summed E-state index contributed by atoms with van der Waals surface area (Å²) in [6, 6.07) is 10.1. The number of aromatic carboxylic acids is 1. The number of thiocarbonyl (C=S) groups is 1. The van der Waals surface area contributed by atoms with Gasteiger partial charge in [0.25, 0.3) is 5.91 Å². The fourth-order valence-electron chi connectivity index (χ4n) is 2.32. The van der Waals surface area contributed by atoms with Gasteiger partial charge in [-0.05, 0) is 71.3 Å². The fourth-order valence-corrected chi connectivity index (χ4v) is 3.33. The number of carboxylic acids is 1. The maximum Gasteiger partial charge on any atom is 0.337 e. The van der Waals surface area contributed by atoms with Gasteiger partial charge in [-0.1, -0.05) is 18.2 Å². The predicted octanol–water partition coefficient (Wildman–Crippen LogP) is 3.66. The van der Waals surface area contributed by atoms with Gasteiger partial charge < -0.3 is 15.2 Å². The fraction of sp³-hybridized carbons (Fsp3) is 0.167. The number of hydrogen-bond acceptors (Lipinski definition) is 4. The molecule has 0 unspecified atom stereocenters. The van der Waals surface area contributed by atoms with E-state index in [4.69, 9.17) is 22.1 Å². The highest BCUT2D eigenvalue weighted by atomic mass is 79.9. The topological polar surface area (TPSA) is 87.7 Å². The SMILES string of the molecule is Cc1cc(C)c(OCC(=O)NC(=S)Nc2ccccc2C(=O)O)c(Br)c1. The number of carbonyl (C=O) groups is 2. The summed E-state index contributed by atoms with van der Waals surface area (Å²) in [5.41, 5.74) is 2.33. The molecule has 0 aliphatic heterocycles. The highest BCUT2D eigenvalue weighted by Gasteiger charge is 2.13. The number of carbonyl (C=O) groups excluding carboxylic acids is 1. The highest BCUT2D eigenvalue weighted by molar-refractivity contribution is 9.10. The second-order valence-corrected chi connectivity index (χ2v) is 6.80. The van der Waals surface area contributed by atoms with Crippen LogP contribution < -0.4 is 15.4 Å². The number of benzene rings is 2. The van der Waals surface area contributed by atoms with Crippen LogP contribution in [0.1, 0.15) is 21.5 Å². The van der Waals surface area contributed by atoms with Crippen molar-refractivity contribution in [2.75, 3.05) is 11.9 Å². The van der Waals surface area contributed by atoms with E-state index in [1.165, 1.54) is 6.07 Å². The number of nitrogens with one attached hydrogen (secondary N) is 2. The van der Waals surface area contributed by atoms with E-state index in [9.17, 15) is 9.59 Å². The molecule has 8 heteroatoms. The van der Waals surface area contributed by atoms with Gasteiger partial charge in [-0.25, -0.2) is 4.79 Å². The lowest BCUT2D eigenvalue weighted by molar-refractivity contribution is -0.121. The molecular formula is C18H17BrN2O4S. The second-order valence-electron chi connectivity index (χ2n) is 5.53. The van der Waals surface area contributed by atoms with Crippen LogP contribution in [0, 0.1) is 13.8 Å². The summed E-state index contributed by atoms with van der Waals surface area (Å²) in [7, 11) is 0. The molecule has 0 saturated heterocycles. The van der Waals surface area contributed by atoms with Crippen molar-refractivity contribution in [2.45, 2.75) is 13.8 Å².